The van der Waals surface area contributed by atoms with E-state index in [4.69, 9.17) is 4.74 Å². The number of hydrogen-bond donors (Lipinski definition) is 0. The summed E-state index contributed by atoms with van der Waals surface area (Å²) in [4.78, 5) is 27.7. The smallest absolute Gasteiger partial charge is 0.233 e. The van der Waals surface area contributed by atoms with Crippen LogP contribution in [0, 0.1) is 29.6 Å². The number of nitrogens with zero attached hydrogens (tertiary/aromatic N) is 1. The van der Waals surface area contributed by atoms with E-state index in [0.29, 0.717) is 5.92 Å². The topological polar surface area (TPSA) is 46.6 Å². The van der Waals surface area contributed by atoms with E-state index in [1.54, 1.807) is 0 Å². The molecular formula is C19H21NO3. The molecule has 0 spiro atoms. The Morgan fingerprint density at radius 2 is 2.00 bits per heavy atom. The standard InChI is InChI=1S/C19H21NO3/c1-10(2)9-19-15-13-8-12(16(21)17(13)23-19)14(15)18(22)20(19)11-6-4-3-5-7-11/h3-7,10,12-15,17H,8-9H2,1-2H3. The third-order valence-corrected chi connectivity index (χ3v) is 6.29. The average molecular weight is 311 g/mol. The van der Waals surface area contributed by atoms with Crippen LogP contribution in [-0.4, -0.2) is 23.5 Å². The van der Waals surface area contributed by atoms with Gasteiger partial charge in [0.2, 0.25) is 5.91 Å². The van der Waals surface area contributed by atoms with Crippen molar-refractivity contribution >= 4 is 17.4 Å². The summed E-state index contributed by atoms with van der Waals surface area (Å²) >= 11 is 0. The Bertz CT molecular complexity index is 700. The zero-order valence-electron chi connectivity index (χ0n) is 13.4. The van der Waals surface area contributed by atoms with Gasteiger partial charge in [0.25, 0.3) is 0 Å². The van der Waals surface area contributed by atoms with Crippen molar-refractivity contribution in [1.82, 2.24) is 0 Å². The first-order valence-electron chi connectivity index (χ1n) is 8.65. The van der Waals surface area contributed by atoms with Crippen molar-refractivity contribution in [2.75, 3.05) is 4.90 Å². The fourth-order valence-electron chi connectivity index (χ4n) is 5.84. The molecule has 6 atom stereocenters. The molecule has 6 unspecified atom stereocenters. The lowest BCUT2D eigenvalue weighted by Crippen LogP contribution is -2.51. The number of para-hydroxylation sites is 1. The second-order valence-corrected chi connectivity index (χ2v) is 7.95. The molecule has 2 saturated carbocycles. The lowest BCUT2D eigenvalue weighted by Gasteiger charge is -2.39. The molecule has 2 bridgehead atoms. The quantitative estimate of drug-likeness (QED) is 0.862. The van der Waals surface area contributed by atoms with Gasteiger partial charge in [0.15, 0.2) is 11.5 Å². The van der Waals surface area contributed by atoms with Gasteiger partial charge in [-0.05, 0) is 30.9 Å². The largest absolute Gasteiger partial charge is 0.344 e. The van der Waals surface area contributed by atoms with Gasteiger partial charge < -0.3 is 4.74 Å². The van der Waals surface area contributed by atoms with Gasteiger partial charge in [0, 0.05) is 23.4 Å². The van der Waals surface area contributed by atoms with Crippen molar-refractivity contribution in [2.24, 2.45) is 29.6 Å². The molecule has 4 aliphatic rings. The molecule has 2 saturated heterocycles. The number of fused-ring (bicyclic) bond motifs is 2. The summed E-state index contributed by atoms with van der Waals surface area (Å²) < 4.78 is 6.43. The summed E-state index contributed by atoms with van der Waals surface area (Å²) in [5.41, 5.74) is 0.285. The molecular weight excluding hydrogens is 290 g/mol. The number of ketones is 1. The normalized spacial score (nSPS) is 43.3. The van der Waals surface area contributed by atoms with Crippen LogP contribution < -0.4 is 4.90 Å². The summed E-state index contributed by atoms with van der Waals surface area (Å²) in [5, 5.41) is 0. The van der Waals surface area contributed by atoms with E-state index >= 15 is 0 Å². The lowest BCUT2D eigenvalue weighted by atomic mass is 9.76. The second-order valence-electron chi connectivity index (χ2n) is 7.95. The van der Waals surface area contributed by atoms with Crippen LogP contribution in [0.1, 0.15) is 26.7 Å². The Labute approximate surface area is 135 Å². The highest BCUT2D eigenvalue weighted by atomic mass is 16.5. The highest BCUT2D eigenvalue weighted by molar-refractivity contribution is 6.06. The zero-order valence-corrected chi connectivity index (χ0v) is 13.4. The van der Waals surface area contributed by atoms with E-state index in [2.05, 4.69) is 13.8 Å². The van der Waals surface area contributed by atoms with Crippen molar-refractivity contribution in [3.05, 3.63) is 30.3 Å². The Kier molecular flexibility index (Phi) is 2.53. The number of hydrogen-bond acceptors (Lipinski definition) is 3. The van der Waals surface area contributed by atoms with Crippen molar-refractivity contribution < 1.29 is 14.3 Å². The number of benzene rings is 1. The second kappa shape index (κ2) is 4.23. The number of rotatable bonds is 3. The predicted octanol–water partition coefficient (Wildman–Crippen LogP) is 2.63. The maximum Gasteiger partial charge on any atom is 0.233 e. The molecule has 4 nitrogen and oxygen atoms in total. The first-order valence-corrected chi connectivity index (χ1v) is 8.65. The van der Waals surface area contributed by atoms with E-state index in [1.807, 2.05) is 35.2 Å². The molecule has 1 aromatic rings. The van der Waals surface area contributed by atoms with Gasteiger partial charge in [-0.2, -0.15) is 0 Å². The van der Waals surface area contributed by atoms with Gasteiger partial charge in [-0.15, -0.1) is 0 Å². The maximum atomic E-state index is 13.2. The fraction of sp³-hybridized carbons (Fsp3) is 0.579. The summed E-state index contributed by atoms with van der Waals surface area (Å²) in [6.45, 7) is 4.32. The van der Waals surface area contributed by atoms with Gasteiger partial charge in [0.05, 0.1) is 5.92 Å². The maximum absolute atomic E-state index is 13.2. The number of carbonyl (C=O) groups excluding carboxylic acids is 2. The molecule has 4 fully saturated rings. The van der Waals surface area contributed by atoms with Crippen LogP contribution in [0.4, 0.5) is 5.69 Å². The van der Waals surface area contributed by atoms with Crippen LogP contribution in [0.2, 0.25) is 0 Å². The van der Waals surface area contributed by atoms with E-state index in [0.717, 1.165) is 18.5 Å². The SMILES string of the molecule is CC(C)CC12OC3C(=O)C4CC3C1C4C(=O)N2c1ccccc1. The monoisotopic (exact) mass is 311 g/mol. The molecule has 2 heterocycles. The first-order chi connectivity index (χ1) is 11.0. The van der Waals surface area contributed by atoms with Gasteiger partial charge in [-0.25, -0.2) is 0 Å². The van der Waals surface area contributed by atoms with Gasteiger partial charge in [-0.1, -0.05) is 32.0 Å². The minimum absolute atomic E-state index is 0.0980. The van der Waals surface area contributed by atoms with Crippen LogP contribution >= 0.6 is 0 Å². The molecule has 0 aromatic heterocycles. The Hall–Kier alpha value is -1.68. The van der Waals surface area contributed by atoms with E-state index < -0.39 is 5.72 Å². The summed E-state index contributed by atoms with van der Waals surface area (Å²) in [6.07, 6.45) is 1.37. The zero-order chi connectivity index (χ0) is 15.9. The molecule has 120 valence electrons. The Morgan fingerprint density at radius 3 is 2.70 bits per heavy atom. The van der Waals surface area contributed by atoms with Crippen LogP contribution in [-0.2, 0) is 14.3 Å². The minimum Gasteiger partial charge on any atom is -0.344 e. The van der Waals surface area contributed by atoms with E-state index in [-0.39, 0.29) is 41.5 Å². The van der Waals surface area contributed by atoms with Crippen LogP contribution in [0.5, 0.6) is 0 Å². The highest BCUT2D eigenvalue weighted by Crippen LogP contribution is 2.67. The average Bonchev–Trinajstić information content (AvgIpc) is 3.16. The summed E-state index contributed by atoms with van der Waals surface area (Å²) in [6, 6.07) is 9.83. The molecule has 1 aromatic carbocycles. The third-order valence-electron chi connectivity index (χ3n) is 6.29. The predicted molar refractivity (Wildman–Crippen MR) is 84.6 cm³/mol. The molecule has 0 N–H and O–H groups in total. The molecule has 2 aliphatic carbocycles. The van der Waals surface area contributed by atoms with Crippen LogP contribution in [0.25, 0.3) is 0 Å². The van der Waals surface area contributed by atoms with Gasteiger partial charge in [0.1, 0.15) is 6.10 Å². The van der Waals surface area contributed by atoms with Crippen molar-refractivity contribution in [2.45, 2.75) is 38.5 Å². The minimum atomic E-state index is -0.618. The number of carbonyl (C=O) groups is 2. The van der Waals surface area contributed by atoms with Gasteiger partial charge in [-0.3, -0.25) is 14.5 Å². The van der Waals surface area contributed by atoms with E-state index in [9.17, 15) is 9.59 Å². The van der Waals surface area contributed by atoms with Crippen LogP contribution in [0.15, 0.2) is 30.3 Å². The first kappa shape index (κ1) is 13.7. The summed E-state index contributed by atoms with van der Waals surface area (Å²) in [7, 11) is 0. The molecule has 5 rings (SSSR count). The van der Waals surface area contributed by atoms with E-state index in [1.165, 1.54) is 0 Å². The number of amides is 1. The highest BCUT2D eigenvalue weighted by Gasteiger charge is 2.78. The van der Waals surface area contributed by atoms with Crippen molar-refractivity contribution in [3.8, 4) is 0 Å². The number of ether oxygens (including phenoxy) is 1. The van der Waals surface area contributed by atoms with Crippen molar-refractivity contribution in [1.29, 1.82) is 0 Å². The van der Waals surface area contributed by atoms with Crippen LogP contribution in [0.3, 0.4) is 0 Å². The Balaban J connectivity index is 1.69. The molecule has 23 heavy (non-hydrogen) atoms. The molecule has 1 amide bonds. The lowest BCUT2D eigenvalue weighted by molar-refractivity contribution is -0.142. The summed E-state index contributed by atoms with van der Waals surface area (Å²) in [5.74, 6) is 0.845. The Morgan fingerprint density at radius 1 is 1.26 bits per heavy atom. The molecule has 0 radical (unpaired) electrons. The van der Waals surface area contributed by atoms with Gasteiger partial charge >= 0.3 is 0 Å². The number of anilines is 1. The molecule has 2 aliphatic heterocycles. The fourth-order valence-corrected chi connectivity index (χ4v) is 5.84. The van der Waals surface area contributed by atoms with Crippen molar-refractivity contribution in [3.63, 3.8) is 0 Å². The number of Topliss-reactive ketones (excluding diaryl/α,β-unsaturated/α-hetero) is 1. The third kappa shape index (κ3) is 1.46. The molecule has 4 heteroatoms.